The van der Waals surface area contributed by atoms with Gasteiger partial charge in [0.15, 0.2) is 0 Å². The highest BCUT2D eigenvalue weighted by Gasteiger charge is 2.17. The topological polar surface area (TPSA) is 75.3 Å². The Hall–Kier alpha value is -1.38. The highest BCUT2D eigenvalue weighted by molar-refractivity contribution is 9.11. The Morgan fingerprint density at radius 3 is 2.52 bits per heavy atom. The molecule has 21 heavy (non-hydrogen) atoms. The molecule has 1 aromatic carbocycles. The quantitative estimate of drug-likeness (QED) is 0.840. The van der Waals surface area contributed by atoms with Crippen LogP contribution in [0, 0.1) is 6.92 Å². The van der Waals surface area contributed by atoms with E-state index in [1.165, 1.54) is 13.0 Å². The predicted molar refractivity (Wildman–Crippen MR) is 88.3 cm³/mol. The molecule has 1 heterocycles. The molecule has 5 nitrogen and oxygen atoms in total. The summed E-state index contributed by atoms with van der Waals surface area (Å²) >= 11 is 4.37. The van der Waals surface area contributed by atoms with E-state index in [2.05, 4.69) is 26.0 Å². The molecule has 0 aliphatic rings. The molecule has 0 aliphatic heterocycles. The van der Waals surface area contributed by atoms with Crippen molar-refractivity contribution in [2.75, 3.05) is 10.0 Å². The Morgan fingerprint density at radius 1 is 1.24 bits per heavy atom. The Morgan fingerprint density at radius 2 is 1.95 bits per heavy atom. The van der Waals surface area contributed by atoms with Gasteiger partial charge in [-0.15, -0.1) is 11.3 Å². The second-order valence-corrected chi connectivity index (χ2v) is 8.75. The van der Waals surface area contributed by atoms with Crippen molar-refractivity contribution in [1.82, 2.24) is 0 Å². The van der Waals surface area contributed by atoms with Gasteiger partial charge < -0.3 is 5.32 Å². The van der Waals surface area contributed by atoms with Crippen LogP contribution in [0.5, 0.6) is 0 Å². The standard InChI is InChI=1S/C13H13BrN2O3S2/c1-8-3-4-10(15-9(2)17)7-11(8)16-21(18,19)13-6-5-12(14)20-13/h3-7,16H,1-2H3,(H,15,17). The van der Waals surface area contributed by atoms with Gasteiger partial charge in [0.2, 0.25) is 5.91 Å². The van der Waals surface area contributed by atoms with Gasteiger partial charge in [-0.1, -0.05) is 6.07 Å². The second kappa shape index (κ2) is 6.17. The zero-order valence-electron chi connectivity index (χ0n) is 11.3. The molecule has 1 amide bonds. The van der Waals surface area contributed by atoms with Crippen LogP contribution in [0.3, 0.4) is 0 Å². The number of carbonyl (C=O) groups excluding carboxylic acids is 1. The number of benzene rings is 1. The zero-order chi connectivity index (χ0) is 15.6. The number of hydrogen-bond acceptors (Lipinski definition) is 4. The lowest BCUT2D eigenvalue weighted by atomic mass is 10.2. The number of halogens is 1. The predicted octanol–water partition coefficient (Wildman–Crippen LogP) is 3.58. The van der Waals surface area contributed by atoms with Crippen molar-refractivity contribution >= 4 is 54.6 Å². The molecule has 2 N–H and O–H groups in total. The van der Waals surface area contributed by atoms with E-state index >= 15 is 0 Å². The first kappa shape index (κ1) is 16.0. The van der Waals surface area contributed by atoms with E-state index in [0.29, 0.717) is 11.4 Å². The average molecular weight is 389 g/mol. The highest BCUT2D eigenvalue weighted by Crippen LogP contribution is 2.29. The van der Waals surface area contributed by atoms with E-state index in [9.17, 15) is 13.2 Å². The Balaban J connectivity index is 2.32. The van der Waals surface area contributed by atoms with Gasteiger partial charge in [-0.3, -0.25) is 9.52 Å². The van der Waals surface area contributed by atoms with E-state index in [1.807, 2.05) is 0 Å². The van der Waals surface area contributed by atoms with Crippen molar-refractivity contribution in [1.29, 1.82) is 0 Å². The van der Waals surface area contributed by atoms with Crippen molar-refractivity contribution in [3.8, 4) is 0 Å². The van der Waals surface area contributed by atoms with Gasteiger partial charge in [0.25, 0.3) is 10.0 Å². The summed E-state index contributed by atoms with van der Waals surface area (Å²) in [6, 6.07) is 8.27. The van der Waals surface area contributed by atoms with Gasteiger partial charge in [0.05, 0.1) is 9.47 Å². The molecule has 112 valence electrons. The van der Waals surface area contributed by atoms with Crippen LogP contribution >= 0.6 is 27.3 Å². The Labute approximate surface area is 135 Å². The number of anilines is 2. The molecule has 0 aliphatic carbocycles. The zero-order valence-corrected chi connectivity index (χ0v) is 14.5. The van der Waals surface area contributed by atoms with Crippen molar-refractivity contribution in [3.63, 3.8) is 0 Å². The number of aryl methyl sites for hydroxylation is 1. The van der Waals surface area contributed by atoms with E-state index in [0.717, 1.165) is 20.7 Å². The average Bonchev–Trinajstić information content (AvgIpc) is 2.80. The maximum Gasteiger partial charge on any atom is 0.271 e. The van der Waals surface area contributed by atoms with Crippen LogP contribution in [0.2, 0.25) is 0 Å². The summed E-state index contributed by atoms with van der Waals surface area (Å²) in [4.78, 5) is 11.1. The van der Waals surface area contributed by atoms with Crippen LogP contribution in [0.1, 0.15) is 12.5 Å². The minimum absolute atomic E-state index is 0.213. The molecule has 0 spiro atoms. The van der Waals surface area contributed by atoms with Crippen molar-refractivity contribution in [2.24, 2.45) is 0 Å². The molecule has 2 rings (SSSR count). The molecule has 0 saturated carbocycles. The van der Waals surface area contributed by atoms with Crippen LogP contribution in [-0.4, -0.2) is 14.3 Å². The first-order valence-corrected chi connectivity index (χ1v) is 9.03. The minimum atomic E-state index is -3.63. The van der Waals surface area contributed by atoms with Crippen LogP contribution in [0.15, 0.2) is 38.3 Å². The Kier molecular flexibility index (Phi) is 4.70. The van der Waals surface area contributed by atoms with Crippen molar-refractivity contribution in [2.45, 2.75) is 18.1 Å². The summed E-state index contributed by atoms with van der Waals surface area (Å²) in [5.74, 6) is -0.213. The van der Waals surface area contributed by atoms with Gasteiger partial charge in [-0.2, -0.15) is 0 Å². The first-order chi connectivity index (χ1) is 9.78. The summed E-state index contributed by atoms with van der Waals surface area (Å²) in [6.07, 6.45) is 0. The molecule has 0 radical (unpaired) electrons. The third kappa shape index (κ3) is 4.05. The summed E-state index contributed by atoms with van der Waals surface area (Å²) in [5, 5.41) is 2.62. The van der Waals surface area contributed by atoms with E-state index < -0.39 is 10.0 Å². The Bertz CT molecular complexity index is 784. The molecular formula is C13H13BrN2O3S2. The molecule has 0 bridgehead atoms. The van der Waals surface area contributed by atoms with Gasteiger partial charge in [-0.05, 0) is 52.7 Å². The van der Waals surface area contributed by atoms with Gasteiger partial charge >= 0.3 is 0 Å². The second-order valence-electron chi connectivity index (χ2n) is 4.37. The molecule has 0 unspecified atom stereocenters. The first-order valence-electron chi connectivity index (χ1n) is 5.94. The monoisotopic (exact) mass is 388 g/mol. The van der Waals surface area contributed by atoms with Gasteiger partial charge in [-0.25, -0.2) is 8.42 Å². The molecule has 1 aromatic heterocycles. The van der Waals surface area contributed by atoms with Crippen LogP contribution < -0.4 is 10.0 Å². The number of thiophene rings is 1. The number of amides is 1. The van der Waals surface area contributed by atoms with Crippen LogP contribution in [0.4, 0.5) is 11.4 Å². The molecule has 0 fully saturated rings. The van der Waals surface area contributed by atoms with Crippen LogP contribution in [-0.2, 0) is 14.8 Å². The molecular weight excluding hydrogens is 376 g/mol. The van der Waals surface area contributed by atoms with E-state index in [4.69, 9.17) is 0 Å². The SMILES string of the molecule is CC(=O)Nc1ccc(C)c(NS(=O)(=O)c2ccc(Br)s2)c1. The summed E-state index contributed by atoms with van der Waals surface area (Å²) < 4.78 is 28.1. The molecule has 8 heteroatoms. The molecule has 0 saturated heterocycles. The summed E-state index contributed by atoms with van der Waals surface area (Å²) in [6.45, 7) is 3.19. The number of nitrogens with one attached hydrogen (secondary N) is 2. The van der Waals surface area contributed by atoms with Gasteiger partial charge in [0, 0.05) is 12.6 Å². The highest BCUT2D eigenvalue weighted by atomic mass is 79.9. The minimum Gasteiger partial charge on any atom is -0.326 e. The molecule has 0 atom stereocenters. The van der Waals surface area contributed by atoms with Crippen molar-refractivity contribution in [3.05, 3.63) is 39.7 Å². The maximum atomic E-state index is 12.3. The summed E-state index contributed by atoms with van der Waals surface area (Å²) in [7, 11) is -3.63. The summed E-state index contributed by atoms with van der Waals surface area (Å²) in [5.41, 5.74) is 1.74. The van der Waals surface area contributed by atoms with Crippen molar-refractivity contribution < 1.29 is 13.2 Å². The maximum absolute atomic E-state index is 12.3. The lowest BCUT2D eigenvalue weighted by Gasteiger charge is -2.11. The molecule has 2 aromatic rings. The fourth-order valence-electron chi connectivity index (χ4n) is 1.65. The number of carbonyl (C=O) groups is 1. The number of rotatable bonds is 4. The normalized spacial score (nSPS) is 11.2. The van der Waals surface area contributed by atoms with Crippen LogP contribution in [0.25, 0.3) is 0 Å². The third-order valence-electron chi connectivity index (χ3n) is 2.62. The van der Waals surface area contributed by atoms with E-state index in [-0.39, 0.29) is 10.1 Å². The fourth-order valence-corrected chi connectivity index (χ4v) is 4.78. The van der Waals surface area contributed by atoms with E-state index in [1.54, 1.807) is 31.2 Å². The lowest BCUT2D eigenvalue weighted by Crippen LogP contribution is -2.13. The number of hydrogen-bond donors (Lipinski definition) is 2. The smallest absolute Gasteiger partial charge is 0.271 e. The fraction of sp³-hybridized carbons (Fsp3) is 0.154. The third-order valence-corrected chi connectivity index (χ3v) is 6.10. The lowest BCUT2D eigenvalue weighted by molar-refractivity contribution is -0.114. The number of sulfonamides is 1. The largest absolute Gasteiger partial charge is 0.326 e. The van der Waals surface area contributed by atoms with Gasteiger partial charge in [0.1, 0.15) is 4.21 Å².